The first kappa shape index (κ1) is 20.4. The third-order valence-electron chi connectivity index (χ3n) is 7.26. The Labute approximate surface area is 182 Å². The lowest BCUT2D eigenvalue weighted by atomic mass is 9.89. The van der Waals surface area contributed by atoms with Crippen molar-refractivity contribution in [3.63, 3.8) is 0 Å². The number of carbonyl (C=O) groups is 1. The summed E-state index contributed by atoms with van der Waals surface area (Å²) in [6.07, 6.45) is 16.8. The zero-order valence-electron chi connectivity index (χ0n) is 18.0. The number of rotatable bonds is 5. The summed E-state index contributed by atoms with van der Waals surface area (Å²) in [4.78, 5) is 23.1. The standard InChI is InChI=1S/C24H30FN5O/c1-2-22(31)29-11-3-5-17(7-12-29)13-20-15-21(24-8-6-19(25)14-18(24)16-24)28-30(20)23-26-9-4-10-27-23/h4,6,8-10,14-15,17-18,21,28H,2-3,5,7,11-13,16H2,1H3. The number of likely N-dealkylation sites (tertiary alicyclic amines) is 1. The number of nitrogens with one attached hydrogen (secondary N) is 1. The third kappa shape index (κ3) is 3.91. The molecule has 4 atom stereocenters. The molecule has 7 heteroatoms. The smallest absolute Gasteiger partial charge is 0.244 e. The van der Waals surface area contributed by atoms with Crippen molar-refractivity contribution >= 4 is 11.9 Å². The first-order valence-electron chi connectivity index (χ1n) is 11.5. The van der Waals surface area contributed by atoms with Crippen LogP contribution in [0.3, 0.4) is 0 Å². The van der Waals surface area contributed by atoms with Crippen molar-refractivity contribution in [3.8, 4) is 0 Å². The van der Waals surface area contributed by atoms with Gasteiger partial charge in [-0.1, -0.05) is 13.0 Å². The molecule has 5 rings (SSSR count). The molecule has 2 fully saturated rings. The Morgan fingerprint density at radius 3 is 2.87 bits per heavy atom. The fourth-order valence-electron chi connectivity index (χ4n) is 5.36. The lowest BCUT2D eigenvalue weighted by Crippen LogP contribution is -2.43. The number of carbonyl (C=O) groups excluding carboxylic acids is 1. The van der Waals surface area contributed by atoms with Crippen LogP contribution >= 0.6 is 0 Å². The topological polar surface area (TPSA) is 61.4 Å². The van der Waals surface area contributed by atoms with Crippen LogP contribution < -0.4 is 10.4 Å². The van der Waals surface area contributed by atoms with Crippen LogP contribution in [0, 0.1) is 17.3 Å². The van der Waals surface area contributed by atoms with E-state index in [0.717, 1.165) is 45.2 Å². The second-order valence-electron chi connectivity index (χ2n) is 9.19. The molecule has 2 aliphatic heterocycles. The summed E-state index contributed by atoms with van der Waals surface area (Å²) in [5, 5.41) is 2.02. The van der Waals surface area contributed by atoms with Gasteiger partial charge in [0.25, 0.3) is 0 Å². The number of anilines is 1. The second kappa shape index (κ2) is 8.19. The molecule has 4 unspecified atom stereocenters. The Morgan fingerprint density at radius 2 is 2.10 bits per heavy atom. The summed E-state index contributed by atoms with van der Waals surface area (Å²) in [7, 11) is 0. The molecule has 3 heterocycles. The molecule has 0 bridgehead atoms. The van der Waals surface area contributed by atoms with E-state index in [-0.39, 0.29) is 29.1 Å². The van der Waals surface area contributed by atoms with Gasteiger partial charge in [-0.2, -0.15) is 0 Å². The van der Waals surface area contributed by atoms with Crippen molar-refractivity contribution in [3.05, 3.63) is 54.3 Å². The Balaban J connectivity index is 1.34. The molecular weight excluding hydrogens is 393 g/mol. The van der Waals surface area contributed by atoms with Gasteiger partial charge in [0.15, 0.2) is 0 Å². The minimum Gasteiger partial charge on any atom is -0.343 e. The third-order valence-corrected chi connectivity index (χ3v) is 7.26. The second-order valence-corrected chi connectivity index (χ2v) is 9.19. The molecule has 1 N–H and O–H groups in total. The van der Waals surface area contributed by atoms with Crippen LogP contribution in [0.25, 0.3) is 0 Å². The average molecular weight is 424 g/mol. The highest BCUT2D eigenvalue weighted by molar-refractivity contribution is 5.75. The number of nitrogens with zero attached hydrogens (tertiary/aromatic N) is 4. The van der Waals surface area contributed by atoms with E-state index in [9.17, 15) is 9.18 Å². The number of allylic oxidation sites excluding steroid dienone is 4. The van der Waals surface area contributed by atoms with Crippen molar-refractivity contribution in [1.29, 1.82) is 0 Å². The minimum absolute atomic E-state index is 0.0574. The van der Waals surface area contributed by atoms with Gasteiger partial charge in [-0.15, -0.1) is 0 Å². The minimum atomic E-state index is -0.131. The highest BCUT2D eigenvalue weighted by Crippen LogP contribution is 2.60. The molecule has 1 saturated carbocycles. The summed E-state index contributed by atoms with van der Waals surface area (Å²) in [5.74, 6) is 1.52. The molecule has 0 radical (unpaired) electrons. The van der Waals surface area contributed by atoms with Gasteiger partial charge in [0.05, 0.1) is 6.04 Å². The summed E-state index contributed by atoms with van der Waals surface area (Å²) >= 11 is 0. The Kier molecular flexibility index (Phi) is 5.38. The first-order chi connectivity index (χ1) is 15.1. The van der Waals surface area contributed by atoms with Crippen molar-refractivity contribution in [2.45, 2.75) is 51.5 Å². The van der Waals surface area contributed by atoms with Crippen LogP contribution in [0.15, 0.2) is 54.3 Å². The SMILES string of the molecule is CCC(=O)N1CCCC(CC2=CC(C34C=CC(F)=CC3C4)NN2c2ncccn2)CC1. The van der Waals surface area contributed by atoms with Crippen molar-refractivity contribution in [2.24, 2.45) is 17.3 Å². The van der Waals surface area contributed by atoms with Gasteiger partial charge in [0.2, 0.25) is 11.9 Å². The number of halogens is 1. The van der Waals surface area contributed by atoms with Gasteiger partial charge in [0.1, 0.15) is 5.83 Å². The van der Waals surface area contributed by atoms with Gasteiger partial charge in [-0.3, -0.25) is 4.79 Å². The highest BCUT2D eigenvalue weighted by Gasteiger charge is 2.58. The van der Waals surface area contributed by atoms with Gasteiger partial charge in [-0.05, 0) is 68.2 Å². The molecule has 1 aromatic heterocycles. The fraction of sp³-hybridized carbons (Fsp3) is 0.542. The van der Waals surface area contributed by atoms with E-state index in [4.69, 9.17) is 0 Å². The number of amides is 1. The molecule has 6 nitrogen and oxygen atoms in total. The Hall–Kier alpha value is -2.54. The number of fused-ring (bicyclic) bond motifs is 1. The molecule has 164 valence electrons. The molecule has 4 aliphatic rings. The predicted octanol–water partition coefficient (Wildman–Crippen LogP) is 3.91. The van der Waals surface area contributed by atoms with E-state index < -0.39 is 0 Å². The van der Waals surface area contributed by atoms with Gasteiger partial charge in [-0.25, -0.2) is 24.8 Å². The van der Waals surface area contributed by atoms with Crippen molar-refractivity contribution in [1.82, 2.24) is 20.3 Å². The molecule has 1 amide bonds. The number of hydrogen-bond acceptors (Lipinski definition) is 5. The lowest BCUT2D eigenvalue weighted by Gasteiger charge is -2.27. The summed E-state index contributed by atoms with van der Waals surface area (Å²) in [5.41, 5.74) is 4.74. The van der Waals surface area contributed by atoms with Crippen molar-refractivity contribution < 1.29 is 9.18 Å². The van der Waals surface area contributed by atoms with Gasteiger partial charge < -0.3 is 4.90 Å². The molecule has 31 heavy (non-hydrogen) atoms. The van der Waals surface area contributed by atoms with Crippen molar-refractivity contribution in [2.75, 3.05) is 18.1 Å². The van der Waals surface area contributed by atoms with Crippen LogP contribution in [0.2, 0.25) is 0 Å². The zero-order chi connectivity index (χ0) is 21.4. The van der Waals surface area contributed by atoms with Crippen LogP contribution in [0.5, 0.6) is 0 Å². The van der Waals surface area contributed by atoms with Gasteiger partial charge in [0, 0.05) is 43.0 Å². The van der Waals surface area contributed by atoms with E-state index in [1.54, 1.807) is 24.5 Å². The van der Waals surface area contributed by atoms with Crippen LogP contribution in [0.1, 0.15) is 45.4 Å². The quantitative estimate of drug-likeness (QED) is 0.778. The van der Waals surface area contributed by atoms with E-state index in [1.807, 2.05) is 29.0 Å². The monoisotopic (exact) mass is 423 g/mol. The van der Waals surface area contributed by atoms with E-state index in [1.165, 1.54) is 5.70 Å². The predicted molar refractivity (Wildman–Crippen MR) is 117 cm³/mol. The largest absolute Gasteiger partial charge is 0.343 e. The van der Waals surface area contributed by atoms with E-state index >= 15 is 0 Å². The molecule has 1 saturated heterocycles. The molecule has 2 aliphatic carbocycles. The maximum absolute atomic E-state index is 13.7. The maximum atomic E-state index is 13.7. The molecule has 0 spiro atoms. The fourth-order valence-corrected chi connectivity index (χ4v) is 5.36. The van der Waals surface area contributed by atoms with Crippen LogP contribution in [-0.4, -0.2) is 39.9 Å². The summed E-state index contributed by atoms with van der Waals surface area (Å²) < 4.78 is 13.7. The summed E-state index contributed by atoms with van der Waals surface area (Å²) in [6.45, 7) is 3.63. The highest BCUT2D eigenvalue weighted by atomic mass is 19.1. The molecular formula is C24H30FN5O. The number of hydrazine groups is 1. The zero-order valence-corrected chi connectivity index (χ0v) is 18.0. The first-order valence-corrected chi connectivity index (χ1v) is 11.5. The normalized spacial score (nSPS) is 32.3. The molecule has 1 aromatic rings. The number of hydrogen-bond donors (Lipinski definition) is 1. The van der Waals surface area contributed by atoms with Crippen LogP contribution in [0.4, 0.5) is 10.3 Å². The van der Waals surface area contributed by atoms with Gasteiger partial charge >= 0.3 is 0 Å². The number of aromatic nitrogens is 2. The van der Waals surface area contributed by atoms with E-state index in [0.29, 0.717) is 18.3 Å². The van der Waals surface area contributed by atoms with Crippen LogP contribution in [-0.2, 0) is 4.79 Å². The maximum Gasteiger partial charge on any atom is 0.244 e. The Bertz CT molecular complexity index is 929. The Morgan fingerprint density at radius 1 is 1.26 bits per heavy atom. The van der Waals surface area contributed by atoms with E-state index in [2.05, 4.69) is 21.5 Å². The average Bonchev–Trinajstić information content (AvgIpc) is 3.44. The molecule has 0 aromatic carbocycles. The summed E-state index contributed by atoms with van der Waals surface area (Å²) in [6, 6.07) is 1.92. The lowest BCUT2D eigenvalue weighted by molar-refractivity contribution is -0.130.